The summed E-state index contributed by atoms with van der Waals surface area (Å²) in [6.07, 6.45) is 7.69. The molecule has 1 heterocycles. The molecule has 1 unspecified atom stereocenters. The molecule has 2 heteroatoms. The van der Waals surface area contributed by atoms with Crippen molar-refractivity contribution in [2.24, 2.45) is 5.92 Å². The number of piperazine rings is 1. The van der Waals surface area contributed by atoms with Crippen molar-refractivity contribution in [2.45, 2.75) is 40.2 Å². The molecule has 2 nitrogen and oxygen atoms in total. The molecule has 0 spiro atoms. The van der Waals surface area contributed by atoms with Crippen LogP contribution in [0, 0.1) is 5.92 Å². The summed E-state index contributed by atoms with van der Waals surface area (Å²) in [5.41, 5.74) is 2.69. The van der Waals surface area contributed by atoms with Gasteiger partial charge in [-0.3, -0.25) is 4.90 Å². The van der Waals surface area contributed by atoms with Crippen LogP contribution in [0.5, 0.6) is 0 Å². The molecule has 0 aromatic rings. The standard InChI is InChI=1S/C17H30N2/c1-6-16(8-7-14(2)3)17(13-15(4)5)19-11-9-18-10-12-19/h6-8,15,17-18H,1,9-13H2,2-5H3/b16-8+. The minimum absolute atomic E-state index is 0.509. The molecule has 1 aliphatic rings. The highest BCUT2D eigenvalue weighted by atomic mass is 15.2. The van der Waals surface area contributed by atoms with E-state index in [0.717, 1.165) is 26.2 Å². The van der Waals surface area contributed by atoms with E-state index in [2.05, 4.69) is 56.6 Å². The topological polar surface area (TPSA) is 15.3 Å². The second-order valence-electron chi connectivity index (χ2n) is 6.05. The highest BCUT2D eigenvalue weighted by molar-refractivity contribution is 5.29. The number of hydrogen-bond acceptors (Lipinski definition) is 2. The van der Waals surface area contributed by atoms with Gasteiger partial charge in [-0.2, -0.15) is 0 Å². The molecule has 1 rings (SSSR count). The summed E-state index contributed by atoms with van der Waals surface area (Å²) in [6.45, 7) is 17.4. The minimum Gasteiger partial charge on any atom is -0.314 e. The average molecular weight is 262 g/mol. The highest BCUT2D eigenvalue weighted by Gasteiger charge is 2.23. The zero-order chi connectivity index (χ0) is 14.3. The van der Waals surface area contributed by atoms with Crippen molar-refractivity contribution in [2.75, 3.05) is 26.2 Å². The van der Waals surface area contributed by atoms with E-state index in [4.69, 9.17) is 0 Å². The maximum atomic E-state index is 4.02. The lowest BCUT2D eigenvalue weighted by Crippen LogP contribution is -2.49. The van der Waals surface area contributed by atoms with Crippen molar-refractivity contribution in [1.29, 1.82) is 0 Å². The van der Waals surface area contributed by atoms with Crippen molar-refractivity contribution in [3.05, 3.63) is 36.0 Å². The second kappa shape index (κ2) is 8.34. The Labute approximate surface area is 119 Å². The van der Waals surface area contributed by atoms with Gasteiger partial charge < -0.3 is 5.32 Å². The predicted molar refractivity (Wildman–Crippen MR) is 85.4 cm³/mol. The quantitative estimate of drug-likeness (QED) is 0.738. The number of nitrogens with zero attached hydrogens (tertiary/aromatic N) is 1. The monoisotopic (exact) mass is 262 g/mol. The summed E-state index contributed by atoms with van der Waals surface area (Å²) in [5.74, 6) is 0.704. The second-order valence-corrected chi connectivity index (χ2v) is 6.05. The van der Waals surface area contributed by atoms with Crippen LogP contribution in [0.25, 0.3) is 0 Å². The summed E-state index contributed by atoms with van der Waals surface area (Å²) in [4.78, 5) is 2.60. The minimum atomic E-state index is 0.509. The maximum Gasteiger partial charge on any atom is 0.0351 e. The van der Waals surface area contributed by atoms with Crippen LogP contribution in [0.4, 0.5) is 0 Å². The van der Waals surface area contributed by atoms with Crippen molar-refractivity contribution < 1.29 is 0 Å². The first kappa shape index (κ1) is 16.2. The summed E-state index contributed by atoms with van der Waals surface area (Å²) in [6, 6.07) is 0.509. The van der Waals surface area contributed by atoms with Gasteiger partial charge in [-0.05, 0) is 31.8 Å². The fourth-order valence-corrected chi connectivity index (χ4v) is 2.51. The maximum absolute atomic E-state index is 4.02. The van der Waals surface area contributed by atoms with Crippen LogP contribution >= 0.6 is 0 Å². The van der Waals surface area contributed by atoms with E-state index in [-0.39, 0.29) is 0 Å². The molecule has 0 bridgehead atoms. The molecule has 1 fully saturated rings. The average Bonchev–Trinajstić information content (AvgIpc) is 2.38. The van der Waals surface area contributed by atoms with Gasteiger partial charge in [-0.25, -0.2) is 0 Å². The van der Waals surface area contributed by atoms with E-state index in [0.29, 0.717) is 12.0 Å². The third-order valence-electron chi connectivity index (χ3n) is 3.52. The molecule has 0 radical (unpaired) electrons. The van der Waals surface area contributed by atoms with Crippen LogP contribution in [-0.4, -0.2) is 37.1 Å². The Morgan fingerprint density at radius 2 is 1.84 bits per heavy atom. The van der Waals surface area contributed by atoms with Gasteiger partial charge in [0.25, 0.3) is 0 Å². The summed E-state index contributed by atoms with van der Waals surface area (Å²) in [5, 5.41) is 3.43. The SMILES string of the molecule is C=C/C(=C\C=C(C)C)C(CC(C)C)N1CCNCC1. The highest BCUT2D eigenvalue weighted by Crippen LogP contribution is 2.21. The van der Waals surface area contributed by atoms with E-state index in [9.17, 15) is 0 Å². The van der Waals surface area contributed by atoms with Gasteiger partial charge in [0.1, 0.15) is 0 Å². The van der Waals surface area contributed by atoms with Crippen molar-refractivity contribution in [1.82, 2.24) is 10.2 Å². The van der Waals surface area contributed by atoms with Gasteiger partial charge >= 0.3 is 0 Å². The van der Waals surface area contributed by atoms with Gasteiger partial charge in [0.05, 0.1) is 0 Å². The molecule has 19 heavy (non-hydrogen) atoms. The Morgan fingerprint density at radius 3 is 2.32 bits per heavy atom. The first-order valence-electron chi connectivity index (χ1n) is 7.47. The fraction of sp³-hybridized carbons (Fsp3) is 0.647. The Bertz CT molecular complexity index is 329. The van der Waals surface area contributed by atoms with Crippen LogP contribution in [0.15, 0.2) is 36.0 Å². The van der Waals surface area contributed by atoms with Crippen LogP contribution in [0.2, 0.25) is 0 Å². The number of hydrogen-bond donors (Lipinski definition) is 1. The van der Waals surface area contributed by atoms with Crippen molar-refractivity contribution in [3.63, 3.8) is 0 Å². The molecule has 0 aliphatic carbocycles. The molecule has 0 aromatic carbocycles. The van der Waals surface area contributed by atoms with E-state index in [1.807, 2.05) is 6.08 Å². The summed E-state index contributed by atoms with van der Waals surface area (Å²) in [7, 11) is 0. The molecule has 108 valence electrons. The van der Waals surface area contributed by atoms with E-state index in [1.165, 1.54) is 17.6 Å². The lowest BCUT2D eigenvalue weighted by atomic mass is 9.94. The Kier molecular flexibility index (Phi) is 7.11. The van der Waals surface area contributed by atoms with Crippen molar-refractivity contribution >= 4 is 0 Å². The lowest BCUT2D eigenvalue weighted by molar-refractivity contribution is 0.178. The Morgan fingerprint density at radius 1 is 1.21 bits per heavy atom. The molecule has 1 atom stereocenters. The lowest BCUT2D eigenvalue weighted by Gasteiger charge is -2.36. The Balaban J connectivity index is 2.89. The number of rotatable bonds is 6. The normalized spacial score (nSPS) is 19.3. The van der Waals surface area contributed by atoms with Crippen LogP contribution in [0.3, 0.4) is 0 Å². The number of nitrogens with one attached hydrogen (secondary N) is 1. The molecule has 0 aromatic heterocycles. The van der Waals surface area contributed by atoms with Crippen LogP contribution in [0.1, 0.15) is 34.1 Å². The predicted octanol–water partition coefficient (Wildman–Crippen LogP) is 3.38. The largest absolute Gasteiger partial charge is 0.314 e. The van der Waals surface area contributed by atoms with Gasteiger partial charge in [0.15, 0.2) is 0 Å². The fourth-order valence-electron chi connectivity index (χ4n) is 2.51. The molecule has 0 saturated carbocycles. The molecule has 1 saturated heterocycles. The molecular weight excluding hydrogens is 232 g/mol. The molecule has 1 aliphatic heterocycles. The van der Waals surface area contributed by atoms with Gasteiger partial charge in [-0.15, -0.1) is 0 Å². The summed E-state index contributed by atoms with van der Waals surface area (Å²) < 4.78 is 0. The van der Waals surface area contributed by atoms with Gasteiger partial charge in [-0.1, -0.05) is 44.2 Å². The first-order valence-corrected chi connectivity index (χ1v) is 7.47. The van der Waals surface area contributed by atoms with Gasteiger partial charge in [0.2, 0.25) is 0 Å². The van der Waals surface area contributed by atoms with Crippen LogP contribution < -0.4 is 5.32 Å². The zero-order valence-electron chi connectivity index (χ0n) is 13.1. The van der Waals surface area contributed by atoms with E-state index in [1.54, 1.807) is 0 Å². The van der Waals surface area contributed by atoms with Gasteiger partial charge in [0, 0.05) is 32.2 Å². The number of allylic oxidation sites excluding steroid dienone is 3. The molecular formula is C17H30N2. The smallest absolute Gasteiger partial charge is 0.0351 e. The molecule has 0 amide bonds. The Hall–Kier alpha value is -0.860. The van der Waals surface area contributed by atoms with Crippen molar-refractivity contribution in [3.8, 4) is 0 Å². The zero-order valence-corrected chi connectivity index (χ0v) is 13.1. The third kappa shape index (κ3) is 5.75. The molecule has 1 N–H and O–H groups in total. The van der Waals surface area contributed by atoms with E-state index < -0.39 is 0 Å². The summed E-state index contributed by atoms with van der Waals surface area (Å²) >= 11 is 0. The third-order valence-corrected chi connectivity index (χ3v) is 3.52. The first-order chi connectivity index (χ1) is 9.04. The van der Waals surface area contributed by atoms with E-state index >= 15 is 0 Å². The van der Waals surface area contributed by atoms with Crippen LogP contribution in [-0.2, 0) is 0 Å².